The summed E-state index contributed by atoms with van der Waals surface area (Å²) >= 11 is 0. The predicted molar refractivity (Wildman–Crippen MR) is 75.7 cm³/mol. The average molecular weight is 248 g/mol. The van der Waals surface area contributed by atoms with Crippen LogP contribution in [-0.2, 0) is 0 Å². The molecule has 1 aromatic rings. The lowest BCUT2D eigenvalue weighted by molar-refractivity contribution is 0.0787. The normalized spacial score (nSPS) is 18.2. The second kappa shape index (κ2) is 7.88. The summed E-state index contributed by atoms with van der Waals surface area (Å²) in [6.07, 6.45) is 1.11. The van der Waals surface area contributed by atoms with Gasteiger partial charge in [0.1, 0.15) is 0 Å². The molecule has 1 N–H and O–H groups in total. The average Bonchev–Trinajstić information content (AvgIpc) is 2.90. The third-order valence-corrected chi connectivity index (χ3v) is 3.09. The van der Waals surface area contributed by atoms with Gasteiger partial charge in [0.15, 0.2) is 0 Å². The van der Waals surface area contributed by atoms with E-state index in [-0.39, 0.29) is 5.91 Å². The monoisotopic (exact) mass is 248 g/mol. The van der Waals surface area contributed by atoms with E-state index in [0.29, 0.717) is 5.92 Å². The van der Waals surface area contributed by atoms with E-state index in [1.165, 1.54) is 0 Å². The van der Waals surface area contributed by atoms with Crippen LogP contribution in [0.2, 0.25) is 0 Å². The number of benzene rings is 1. The van der Waals surface area contributed by atoms with Crippen LogP contribution in [0.15, 0.2) is 30.3 Å². The maximum atomic E-state index is 12.1. The fourth-order valence-corrected chi connectivity index (χ4v) is 2.24. The maximum absolute atomic E-state index is 12.1. The molecule has 1 atom stereocenters. The van der Waals surface area contributed by atoms with E-state index in [2.05, 4.69) is 5.32 Å². The van der Waals surface area contributed by atoms with Crippen LogP contribution >= 0.6 is 0 Å². The zero-order valence-electron chi connectivity index (χ0n) is 11.6. The van der Waals surface area contributed by atoms with Gasteiger partial charge in [0.05, 0.1) is 0 Å². The molecule has 0 saturated carbocycles. The highest BCUT2D eigenvalue weighted by atomic mass is 16.2. The number of likely N-dealkylation sites (tertiary alicyclic amines) is 1. The number of rotatable bonds is 3. The van der Waals surface area contributed by atoms with Crippen molar-refractivity contribution in [1.29, 1.82) is 0 Å². The van der Waals surface area contributed by atoms with Crippen molar-refractivity contribution in [2.45, 2.75) is 20.3 Å². The van der Waals surface area contributed by atoms with Crippen molar-refractivity contribution in [3.8, 4) is 0 Å². The molecule has 1 unspecified atom stereocenters. The van der Waals surface area contributed by atoms with Gasteiger partial charge in [-0.15, -0.1) is 0 Å². The van der Waals surface area contributed by atoms with Gasteiger partial charge in [-0.3, -0.25) is 4.79 Å². The van der Waals surface area contributed by atoms with Crippen LogP contribution in [0.3, 0.4) is 0 Å². The van der Waals surface area contributed by atoms with Crippen LogP contribution < -0.4 is 5.32 Å². The summed E-state index contributed by atoms with van der Waals surface area (Å²) in [4.78, 5) is 14.1. The van der Waals surface area contributed by atoms with E-state index in [0.717, 1.165) is 31.6 Å². The van der Waals surface area contributed by atoms with E-state index in [1.54, 1.807) is 0 Å². The Morgan fingerprint density at radius 3 is 2.61 bits per heavy atom. The third kappa shape index (κ3) is 3.84. The quantitative estimate of drug-likeness (QED) is 0.891. The Kier molecular flexibility index (Phi) is 6.44. The molecular formula is C15H24N2O. The highest BCUT2D eigenvalue weighted by molar-refractivity contribution is 5.94. The van der Waals surface area contributed by atoms with E-state index < -0.39 is 0 Å². The van der Waals surface area contributed by atoms with Gasteiger partial charge in [-0.1, -0.05) is 32.0 Å². The summed E-state index contributed by atoms with van der Waals surface area (Å²) < 4.78 is 0. The Morgan fingerprint density at radius 2 is 2.00 bits per heavy atom. The number of nitrogens with zero attached hydrogens (tertiary/aromatic N) is 1. The van der Waals surface area contributed by atoms with Crippen molar-refractivity contribution < 1.29 is 4.79 Å². The van der Waals surface area contributed by atoms with Crippen molar-refractivity contribution in [1.82, 2.24) is 10.2 Å². The second-order valence-corrected chi connectivity index (χ2v) is 4.33. The van der Waals surface area contributed by atoms with Gasteiger partial charge in [0, 0.05) is 18.7 Å². The summed E-state index contributed by atoms with van der Waals surface area (Å²) in [5.41, 5.74) is 0.799. The summed E-state index contributed by atoms with van der Waals surface area (Å²) in [5.74, 6) is 0.775. The van der Waals surface area contributed by atoms with Gasteiger partial charge in [-0.25, -0.2) is 0 Å². The van der Waals surface area contributed by atoms with Crippen LogP contribution in [0.5, 0.6) is 0 Å². The minimum atomic E-state index is 0.166. The lowest BCUT2D eigenvalue weighted by atomic mass is 10.1. The fraction of sp³-hybridized carbons (Fsp3) is 0.533. The first-order valence-corrected chi connectivity index (χ1v) is 6.80. The molecule has 0 aromatic heterocycles. The lowest BCUT2D eigenvalue weighted by Crippen LogP contribution is -2.30. The maximum Gasteiger partial charge on any atom is 0.253 e. The molecule has 2 rings (SSSR count). The standard InChI is InChI=1S/C13H18N2O.C2H6/c1-14-9-11-7-8-15(10-11)13(16)12-5-3-2-4-6-12;1-2/h2-6,11,14H,7-10H2,1H3;1-2H3. The van der Waals surface area contributed by atoms with Crippen LogP contribution in [0.25, 0.3) is 0 Å². The smallest absolute Gasteiger partial charge is 0.253 e. The molecule has 0 bridgehead atoms. The minimum absolute atomic E-state index is 0.166. The topological polar surface area (TPSA) is 32.3 Å². The van der Waals surface area contributed by atoms with Crippen LogP contribution in [0.4, 0.5) is 0 Å². The number of carbonyl (C=O) groups excluding carboxylic acids is 1. The molecule has 18 heavy (non-hydrogen) atoms. The Hall–Kier alpha value is -1.35. The predicted octanol–water partition coefficient (Wildman–Crippen LogP) is 2.39. The molecule has 0 radical (unpaired) electrons. The minimum Gasteiger partial charge on any atom is -0.338 e. The molecule has 1 aliphatic heterocycles. The molecule has 1 heterocycles. The summed E-state index contributed by atoms with van der Waals surface area (Å²) in [6, 6.07) is 9.52. The van der Waals surface area contributed by atoms with E-state index in [1.807, 2.05) is 56.1 Å². The third-order valence-electron chi connectivity index (χ3n) is 3.09. The molecule has 100 valence electrons. The largest absolute Gasteiger partial charge is 0.338 e. The molecule has 1 amide bonds. The number of hydrogen-bond acceptors (Lipinski definition) is 2. The van der Waals surface area contributed by atoms with Gasteiger partial charge in [0.2, 0.25) is 0 Å². The molecule has 3 heteroatoms. The van der Waals surface area contributed by atoms with Crippen molar-refractivity contribution >= 4 is 5.91 Å². The summed E-state index contributed by atoms with van der Waals surface area (Å²) in [5, 5.41) is 3.17. The first-order valence-electron chi connectivity index (χ1n) is 6.80. The fourth-order valence-electron chi connectivity index (χ4n) is 2.24. The molecule has 1 fully saturated rings. The summed E-state index contributed by atoms with van der Waals surface area (Å²) in [7, 11) is 1.96. The van der Waals surface area contributed by atoms with Gasteiger partial charge in [-0.2, -0.15) is 0 Å². The highest BCUT2D eigenvalue weighted by Gasteiger charge is 2.26. The van der Waals surface area contributed by atoms with E-state index in [4.69, 9.17) is 0 Å². The zero-order chi connectivity index (χ0) is 13.4. The van der Waals surface area contributed by atoms with Crippen molar-refractivity contribution in [2.24, 2.45) is 5.92 Å². The van der Waals surface area contributed by atoms with Crippen LogP contribution in [-0.4, -0.2) is 37.5 Å². The van der Waals surface area contributed by atoms with Gasteiger partial charge >= 0.3 is 0 Å². The lowest BCUT2D eigenvalue weighted by Gasteiger charge is -2.16. The summed E-state index contributed by atoms with van der Waals surface area (Å²) in [6.45, 7) is 6.77. The Balaban J connectivity index is 0.000000771. The first kappa shape index (κ1) is 14.7. The first-order chi connectivity index (χ1) is 8.81. The van der Waals surface area contributed by atoms with Crippen LogP contribution in [0.1, 0.15) is 30.6 Å². The van der Waals surface area contributed by atoms with Gasteiger partial charge in [-0.05, 0) is 38.1 Å². The second-order valence-electron chi connectivity index (χ2n) is 4.33. The van der Waals surface area contributed by atoms with Gasteiger partial charge in [0.25, 0.3) is 5.91 Å². The van der Waals surface area contributed by atoms with Crippen molar-refractivity contribution in [3.05, 3.63) is 35.9 Å². The molecule has 0 spiro atoms. The highest BCUT2D eigenvalue weighted by Crippen LogP contribution is 2.17. The SMILES string of the molecule is CC.CNCC1CCN(C(=O)c2ccccc2)C1. The molecular weight excluding hydrogens is 224 g/mol. The Morgan fingerprint density at radius 1 is 1.33 bits per heavy atom. The number of nitrogens with one attached hydrogen (secondary N) is 1. The number of hydrogen-bond donors (Lipinski definition) is 1. The number of carbonyl (C=O) groups is 1. The zero-order valence-corrected chi connectivity index (χ0v) is 11.6. The van der Waals surface area contributed by atoms with Crippen molar-refractivity contribution in [2.75, 3.05) is 26.7 Å². The number of amides is 1. The Bertz CT molecular complexity index is 351. The molecule has 3 nitrogen and oxygen atoms in total. The molecule has 1 aromatic carbocycles. The molecule has 1 aliphatic rings. The molecule has 0 aliphatic carbocycles. The van der Waals surface area contributed by atoms with Crippen molar-refractivity contribution in [3.63, 3.8) is 0 Å². The molecule has 1 saturated heterocycles. The van der Waals surface area contributed by atoms with Gasteiger partial charge < -0.3 is 10.2 Å². The van der Waals surface area contributed by atoms with E-state index >= 15 is 0 Å². The van der Waals surface area contributed by atoms with E-state index in [9.17, 15) is 4.79 Å². The Labute approximate surface area is 110 Å². The van der Waals surface area contributed by atoms with Crippen LogP contribution in [0, 0.1) is 5.92 Å².